The van der Waals surface area contributed by atoms with Crippen molar-refractivity contribution in [1.29, 1.82) is 0 Å². The molecular formula is C14H29N5O. The lowest BCUT2D eigenvalue weighted by molar-refractivity contribution is 0.246. The molecule has 1 atom stereocenters. The van der Waals surface area contributed by atoms with Crippen LogP contribution in [-0.4, -0.2) is 58.3 Å². The summed E-state index contributed by atoms with van der Waals surface area (Å²) in [5.41, 5.74) is 0.949. The number of aryl methyl sites for hydroxylation is 1. The first-order valence-electron chi connectivity index (χ1n) is 7.40. The highest BCUT2D eigenvalue weighted by Crippen LogP contribution is 2.08. The van der Waals surface area contributed by atoms with Crippen molar-refractivity contribution in [3.05, 3.63) is 11.9 Å². The average Bonchev–Trinajstić information content (AvgIpc) is 2.82. The van der Waals surface area contributed by atoms with Crippen LogP contribution in [0, 0.1) is 5.92 Å². The Bertz CT molecular complexity index is 364. The Kier molecular flexibility index (Phi) is 7.72. The van der Waals surface area contributed by atoms with E-state index in [9.17, 15) is 0 Å². The lowest BCUT2D eigenvalue weighted by atomic mass is 10.0. The minimum absolute atomic E-state index is 0.188. The van der Waals surface area contributed by atoms with Crippen molar-refractivity contribution in [3.63, 3.8) is 0 Å². The zero-order valence-electron chi connectivity index (χ0n) is 13.2. The van der Waals surface area contributed by atoms with Gasteiger partial charge in [0, 0.05) is 38.5 Å². The van der Waals surface area contributed by atoms with Gasteiger partial charge in [-0.15, -0.1) is 5.10 Å². The standard InChI is InChI=1S/C14H29N5O/c1-12(2)8-14(18(3)4)10-15-9-13-11-19(17-16-13)6-5-7-20/h11-12,14-15,20H,5-10H2,1-4H3. The highest BCUT2D eigenvalue weighted by molar-refractivity contribution is 4.91. The van der Waals surface area contributed by atoms with Gasteiger partial charge in [0.25, 0.3) is 0 Å². The Labute approximate surface area is 122 Å². The fraction of sp³-hybridized carbons (Fsp3) is 0.857. The van der Waals surface area contributed by atoms with Crippen LogP contribution in [0.25, 0.3) is 0 Å². The van der Waals surface area contributed by atoms with E-state index in [1.807, 2.05) is 6.20 Å². The van der Waals surface area contributed by atoms with Crippen LogP contribution >= 0.6 is 0 Å². The average molecular weight is 283 g/mol. The lowest BCUT2D eigenvalue weighted by Crippen LogP contribution is -2.38. The molecule has 20 heavy (non-hydrogen) atoms. The van der Waals surface area contributed by atoms with Gasteiger partial charge in [-0.1, -0.05) is 19.1 Å². The van der Waals surface area contributed by atoms with Crippen LogP contribution < -0.4 is 5.32 Å². The second kappa shape index (κ2) is 9.05. The maximum atomic E-state index is 8.78. The van der Waals surface area contributed by atoms with Crippen LogP contribution in [0.5, 0.6) is 0 Å². The summed E-state index contributed by atoms with van der Waals surface area (Å²) in [6.07, 6.45) is 3.84. The molecule has 0 saturated heterocycles. The number of aromatic nitrogens is 3. The summed E-state index contributed by atoms with van der Waals surface area (Å²) in [5.74, 6) is 0.698. The van der Waals surface area contributed by atoms with Crippen molar-refractivity contribution < 1.29 is 5.11 Å². The molecule has 1 unspecified atom stereocenters. The van der Waals surface area contributed by atoms with Crippen molar-refractivity contribution in [2.24, 2.45) is 5.92 Å². The van der Waals surface area contributed by atoms with Crippen molar-refractivity contribution in [3.8, 4) is 0 Å². The van der Waals surface area contributed by atoms with Gasteiger partial charge in [-0.25, -0.2) is 0 Å². The number of hydrogen-bond acceptors (Lipinski definition) is 5. The Morgan fingerprint density at radius 1 is 1.40 bits per heavy atom. The molecule has 1 rings (SSSR count). The molecule has 0 aliphatic carbocycles. The van der Waals surface area contributed by atoms with Gasteiger partial charge in [0.1, 0.15) is 0 Å². The van der Waals surface area contributed by atoms with Gasteiger partial charge in [-0.05, 0) is 32.9 Å². The van der Waals surface area contributed by atoms with Crippen LogP contribution in [0.15, 0.2) is 6.20 Å². The Hall–Kier alpha value is -0.980. The van der Waals surface area contributed by atoms with Crippen molar-refractivity contribution in [2.45, 2.75) is 45.8 Å². The zero-order chi connectivity index (χ0) is 15.0. The van der Waals surface area contributed by atoms with Gasteiger partial charge < -0.3 is 15.3 Å². The molecule has 0 saturated carbocycles. The fourth-order valence-electron chi connectivity index (χ4n) is 2.15. The second-order valence-corrected chi connectivity index (χ2v) is 5.93. The molecule has 0 fully saturated rings. The first-order chi connectivity index (χ1) is 9.52. The van der Waals surface area contributed by atoms with E-state index in [1.54, 1.807) is 4.68 Å². The van der Waals surface area contributed by atoms with E-state index in [0.29, 0.717) is 18.4 Å². The maximum Gasteiger partial charge on any atom is 0.0964 e. The highest BCUT2D eigenvalue weighted by Gasteiger charge is 2.13. The van der Waals surface area contributed by atoms with Crippen LogP contribution in [0.4, 0.5) is 0 Å². The number of nitrogens with one attached hydrogen (secondary N) is 1. The summed E-state index contributed by atoms with van der Waals surface area (Å²) in [7, 11) is 4.25. The van der Waals surface area contributed by atoms with E-state index in [0.717, 1.165) is 25.3 Å². The maximum absolute atomic E-state index is 8.78. The van der Waals surface area contributed by atoms with Crippen LogP contribution in [0.2, 0.25) is 0 Å². The first kappa shape index (κ1) is 17.1. The van der Waals surface area contributed by atoms with E-state index in [-0.39, 0.29) is 6.61 Å². The number of hydrogen-bond donors (Lipinski definition) is 2. The summed E-state index contributed by atoms with van der Waals surface area (Å²) in [5, 5.41) is 20.4. The SMILES string of the molecule is CC(C)CC(CNCc1cn(CCCO)nn1)N(C)C. The number of nitrogens with zero attached hydrogens (tertiary/aromatic N) is 4. The van der Waals surface area contributed by atoms with Crippen LogP contribution in [0.1, 0.15) is 32.4 Å². The molecular weight excluding hydrogens is 254 g/mol. The second-order valence-electron chi connectivity index (χ2n) is 5.93. The predicted molar refractivity (Wildman–Crippen MR) is 80.4 cm³/mol. The summed E-state index contributed by atoms with van der Waals surface area (Å²) in [4.78, 5) is 2.27. The molecule has 0 amide bonds. The smallest absolute Gasteiger partial charge is 0.0964 e. The molecule has 0 aromatic carbocycles. The largest absolute Gasteiger partial charge is 0.396 e. The molecule has 2 N–H and O–H groups in total. The van der Waals surface area contributed by atoms with Crippen molar-refractivity contribution >= 4 is 0 Å². The summed E-state index contributed by atoms with van der Waals surface area (Å²) >= 11 is 0. The fourth-order valence-corrected chi connectivity index (χ4v) is 2.15. The number of rotatable bonds is 10. The molecule has 1 aromatic rings. The number of likely N-dealkylation sites (N-methyl/N-ethyl adjacent to an activating group) is 1. The van der Waals surface area contributed by atoms with Crippen LogP contribution in [0.3, 0.4) is 0 Å². The van der Waals surface area contributed by atoms with E-state index >= 15 is 0 Å². The molecule has 116 valence electrons. The first-order valence-corrected chi connectivity index (χ1v) is 7.40. The Morgan fingerprint density at radius 3 is 2.75 bits per heavy atom. The minimum Gasteiger partial charge on any atom is -0.396 e. The highest BCUT2D eigenvalue weighted by atomic mass is 16.3. The molecule has 1 aromatic heterocycles. The van der Waals surface area contributed by atoms with Crippen molar-refractivity contribution in [1.82, 2.24) is 25.2 Å². The van der Waals surface area contributed by atoms with Gasteiger partial charge in [0.15, 0.2) is 0 Å². The molecule has 1 heterocycles. The lowest BCUT2D eigenvalue weighted by Gasteiger charge is -2.26. The predicted octanol–water partition coefficient (Wildman–Crippen LogP) is 0.726. The molecule has 0 radical (unpaired) electrons. The molecule has 0 aliphatic rings. The van der Waals surface area contributed by atoms with E-state index in [2.05, 4.69) is 48.5 Å². The monoisotopic (exact) mass is 283 g/mol. The normalized spacial score (nSPS) is 13.3. The van der Waals surface area contributed by atoms with E-state index < -0.39 is 0 Å². The van der Waals surface area contributed by atoms with Gasteiger partial charge in [0.05, 0.1) is 5.69 Å². The molecule has 0 spiro atoms. The van der Waals surface area contributed by atoms with Gasteiger partial charge in [0.2, 0.25) is 0 Å². The van der Waals surface area contributed by atoms with Gasteiger partial charge >= 0.3 is 0 Å². The minimum atomic E-state index is 0.188. The van der Waals surface area contributed by atoms with E-state index in [4.69, 9.17) is 5.11 Å². The Morgan fingerprint density at radius 2 is 2.15 bits per heavy atom. The molecule has 6 heteroatoms. The quantitative estimate of drug-likeness (QED) is 0.662. The van der Waals surface area contributed by atoms with Gasteiger partial charge in [-0.2, -0.15) is 0 Å². The Balaban J connectivity index is 2.32. The van der Waals surface area contributed by atoms with Crippen LogP contribution in [-0.2, 0) is 13.1 Å². The van der Waals surface area contributed by atoms with Gasteiger partial charge in [-0.3, -0.25) is 4.68 Å². The molecule has 6 nitrogen and oxygen atoms in total. The topological polar surface area (TPSA) is 66.2 Å². The molecule has 0 bridgehead atoms. The third kappa shape index (κ3) is 6.45. The summed E-state index contributed by atoms with van der Waals surface area (Å²) in [6.45, 7) is 7.10. The molecule has 0 aliphatic heterocycles. The summed E-state index contributed by atoms with van der Waals surface area (Å²) in [6, 6.07) is 0.541. The van der Waals surface area contributed by atoms with Crippen molar-refractivity contribution in [2.75, 3.05) is 27.2 Å². The van der Waals surface area contributed by atoms with E-state index in [1.165, 1.54) is 6.42 Å². The zero-order valence-corrected chi connectivity index (χ0v) is 13.2. The summed E-state index contributed by atoms with van der Waals surface area (Å²) < 4.78 is 1.78. The third-order valence-corrected chi connectivity index (χ3v) is 3.29. The number of aliphatic hydroxyl groups is 1. The number of aliphatic hydroxyl groups excluding tert-OH is 1. The third-order valence-electron chi connectivity index (χ3n) is 3.29.